The lowest BCUT2D eigenvalue weighted by molar-refractivity contribution is -0.292. The molecule has 1 amide bonds. The van der Waals surface area contributed by atoms with Crippen molar-refractivity contribution < 1.29 is 44.4 Å². The molecular formula is C19H11F8N5O2S. The van der Waals surface area contributed by atoms with E-state index in [9.17, 15) is 45.2 Å². The molecular weight excluding hydrogens is 514 g/mol. The maximum Gasteiger partial charge on any atom is 0.459 e. The Morgan fingerprint density at radius 3 is 2.40 bits per heavy atom. The van der Waals surface area contributed by atoms with E-state index in [-0.39, 0.29) is 31.8 Å². The normalized spacial score (nSPS) is 14.7. The monoisotopic (exact) mass is 525 g/mol. The van der Waals surface area contributed by atoms with E-state index in [0.29, 0.717) is 0 Å². The number of carbonyl (C=O) groups excluding carboxylic acids is 1. The molecule has 1 N–H and O–H groups in total. The Labute approximate surface area is 193 Å². The molecule has 0 spiro atoms. The molecule has 186 valence electrons. The molecule has 3 aromatic heterocycles. The third-order valence-corrected chi connectivity index (χ3v) is 6.02. The minimum absolute atomic E-state index is 0.0130. The predicted molar refractivity (Wildman–Crippen MR) is 102 cm³/mol. The average molecular weight is 525 g/mol. The number of carbonyl (C=O) groups is 1. The number of nitriles is 1. The van der Waals surface area contributed by atoms with Crippen molar-refractivity contribution in [1.29, 1.82) is 5.26 Å². The van der Waals surface area contributed by atoms with Crippen LogP contribution in [0.1, 0.15) is 39.3 Å². The van der Waals surface area contributed by atoms with Gasteiger partial charge in [-0.1, -0.05) is 5.16 Å². The molecule has 0 radical (unpaired) electrons. The van der Waals surface area contributed by atoms with Crippen LogP contribution in [0.15, 0.2) is 16.7 Å². The second-order valence-corrected chi connectivity index (χ2v) is 8.61. The van der Waals surface area contributed by atoms with Gasteiger partial charge in [-0.05, 0) is 18.9 Å². The van der Waals surface area contributed by atoms with Crippen LogP contribution in [0, 0.1) is 11.3 Å². The maximum absolute atomic E-state index is 13.9. The van der Waals surface area contributed by atoms with Crippen molar-refractivity contribution in [2.45, 2.75) is 37.2 Å². The standard InChI is InChI=1S/C19H11F8N5O2S/c1-32-14(13(18(22,23)24)15(30-32)17(20,21)19(25,26)27)9-5-10(34-31-9)11-4-8(12(6-28)35-11)16(33)29-7-2-3-7/h4-5,7H,2-3H2,1H3,(H,29,33). The Morgan fingerprint density at radius 1 is 1.20 bits per heavy atom. The summed E-state index contributed by atoms with van der Waals surface area (Å²) in [6, 6.07) is 3.89. The van der Waals surface area contributed by atoms with Crippen molar-refractivity contribution in [2.75, 3.05) is 0 Å². The summed E-state index contributed by atoms with van der Waals surface area (Å²) in [5.41, 5.74) is -6.78. The topological polar surface area (TPSA) is 96.7 Å². The van der Waals surface area contributed by atoms with E-state index >= 15 is 0 Å². The second kappa shape index (κ2) is 8.04. The molecule has 0 bridgehead atoms. The van der Waals surface area contributed by atoms with Crippen LogP contribution >= 0.6 is 11.3 Å². The Hall–Kier alpha value is -3.48. The number of halogens is 8. The van der Waals surface area contributed by atoms with Crippen LogP contribution in [0.5, 0.6) is 0 Å². The summed E-state index contributed by atoms with van der Waals surface area (Å²) in [5, 5.41) is 18.2. The van der Waals surface area contributed by atoms with Gasteiger partial charge in [0.1, 0.15) is 27.9 Å². The highest BCUT2D eigenvalue weighted by Crippen LogP contribution is 2.50. The molecule has 1 aliphatic carbocycles. The Balaban J connectivity index is 1.79. The maximum atomic E-state index is 13.9. The zero-order chi connectivity index (χ0) is 25.9. The number of nitrogens with zero attached hydrogens (tertiary/aromatic N) is 4. The van der Waals surface area contributed by atoms with E-state index in [1.54, 1.807) is 0 Å². The number of aromatic nitrogens is 3. The fourth-order valence-electron chi connectivity index (χ4n) is 3.20. The molecule has 1 aliphatic rings. The summed E-state index contributed by atoms with van der Waals surface area (Å²) in [4.78, 5) is 12.4. The molecule has 3 heterocycles. The van der Waals surface area contributed by atoms with Gasteiger partial charge in [0.25, 0.3) is 5.91 Å². The van der Waals surface area contributed by atoms with Crippen LogP contribution in [-0.4, -0.2) is 33.1 Å². The molecule has 16 heteroatoms. The number of alkyl halides is 8. The van der Waals surface area contributed by atoms with E-state index in [0.717, 1.165) is 37.3 Å². The highest BCUT2D eigenvalue weighted by atomic mass is 32.1. The molecule has 0 saturated heterocycles. The Bertz CT molecular complexity index is 1340. The van der Waals surface area contributed by atoms with Gasteiger partial charge in [0.2, 0.25) is 0 Å². The molecule has 0 aromatic carbocycles. The third-order valence-electron chi connectivity index (χ3n) is 4.97. The van der Waals surface area contributed by atoms with Crippen molar-refractivity contribution in [2.24, 2.45) is 7.05 Å². The van der Waals surface area contributed by atoms with Gasteiger partial charge in [-0.15, -0.1) is 11.3 Å². The molecule has 0 atom stereocenters. The van der Waals surface area contributed by atoms with Crippen LogP contribution in [0.25, 0.3) is 22.0 Å². The molecule has 0 unspecified atom stereocenters. The van der Waals surface area contributed by atoms with Crippen LogP contribution in [-0.2, 0) is 19.1 Å². The summed E-state index contributed by atoms with van der Waals surface area (Å²) in [6.45, 7) is 0. The summed E-state index contributed by atoms with van der Waals surface area (Å²) in [5.74, 6) is -6.69. The van der Waals surface area contributed by atoms with Gasteiger partial charge in [0.05, 0.1) is 10.4 Å². The van der Waals surface area contributed by atoms with Gasteiger partial charge >= 0.3 is 18.3 Å². The van der Waals surface area contributed by atoms with Gasteiger partial charge < -0.3 is 9.84 Å². The van der Waals surface area contributed by atoms with Crippen molar-refractivity contribution in [3.63, 3.8) is 0 Å². The van der Waals surface area contributed by atoms with Gasteiger partial charge in [-0.2, -0.15) is 45.5 Å². The molecule has 1 fully saturated rings. The Kier molecular flexibility index (Phi) is 5.66. The zero-order valence-corrected chi connectivity index (χ0v) is 18.0. The number of aryl methyl sites for hydroxylation is 1. The van der Waals surface area contributed by atoms with E-state index in [1.807, 2.05) is 6.07 Å². The van der Waals surface area contributed by atoms with E-state index in [1.165, 1.54) is 6.07 Å². The molecule has 35 heavy (non-hydrogen) atoms. The zero-order valence-electron chi connectivity index (χ0n) is 17.2. The SMILES string of the molecule is Cn1nc(C(F)(F)C(F)(F)F)c(C(F)(F)F)c1-c1cc(-c2cc(C(=O)NC3CC3)c(C#N)s2)on1. The van der Waals surface area contributed by atoms with E-state index in [2.05, 4.69) is 15.6 Å². The Morgan fingerprint density at radius 2 is 1.86 bits per heavy atom. The fourth-order valence-corrected chi connectivity index (χ4v) is 4.10. The largest absolute Gasteiger partial charge is 0.459 e. The molecule has 3 aromatic rings. The third kappa shape index (κ3) is 4.35. The number of hydrogen-bond acceptors (Lipinski definition) is 6. The highest BCUT2D eigenvalue weighted by molar-refractivity contribution is 7.16. The average Bonchev–Trinajstić information content (AvgIpc) is 3.15. The summed E-state index contributed by atoms with van der Waals surface area (Å²) < 4.78 is 112. The first-order chi connectivity index (χ1) is 16.1. The number of amides is 1. The van der Waals surface area contributed by atoms with Crippen LogP contribution in [0.2, 0.25) is 0 Å². The lowest BCUT2D eigenvalue weighted by Gasteiger charge is -2.19. The number of hydrogen-bond donors (Lipinski definition) is 1. The van der Waals surface area contributed by atoms with Gasteiger partial charge in [-0.25, -0.2) is 0 Å². The highest BCUT2D eigenvalue weighted by Gasteiger charge is 2.64. The second-order valence-electron chi connectivity index (χ2n) is 7.56. The van der Waals surface area contributed by atoms with Crippen LogP contribution < -0.4 is 5.32 Å². The van der Waals surface area contributed by atoms with Crippen molar-refractivity contribution in [3.8, 4) is 28.1 Å². The van der Waals surface area contributed by atoms with Gasteiger partial charge in [0.15, 0.2) is 11.5 Å². The fraction of sp³-hybridized carbons (Fsp3) is 0.368. The number of rotatable bonds is 5. The molecule has 4 rings (SSSR count). The van der Waals surface area contributed by atoms with E-state index in [4.69, 9.17) is 4.52 Å². The quantitative estimate of drug-likeness (QED) is 0.460. The van der Waals surface area contributed by atoms with Gasteiger partial charge in [-0.3, -0.25) is 9.48 Å². The molecule has 0 aliphatic heterocycles. The van der Waals surface area contributed by atoms with Crippen LogP contribution in [0.3, 0.4) is 0 Å². The molecule has 1 saturated carbocycles. The van der Waals surface area contributed by atoms with E-state index < -0.39 is 46.8 Å². The van der Waals surface area contributed by atoms with Crippen molar-refractivity contribution in [1.82, 2.24) is 20.3 Å². The smallest absolute Gasteiger partial charge is 0.355 e. The summed E-state index contributed by atoms with van der Waals surface area (Å²) in [6.07, 6.45) is -10.4. The minimum atomic E-state index is -6.34. The number of thiophene rings is 1. The predicted octanol–water partition coefficient (Wildman–Crippen LogP) is 5.24. The van der Waals surface area contributed by atoms with Crippen molar-refractivity contribution in [3.05, 3.63) is 33.8 Å². The molecule has 7 nitrogen and oxygen atoms in total. The minimum Gasteiger partial charge on any atom is -0.355 e. The first-order valence-electron chi connectivity index (χ1n) is 9.56. The first kappa shape index (κ1) is 24.6. The summed E-state index contributed by atoms with van der Waals surface area (Å²) in [7, 11) is 0.744. The van der Waals surface area contributed by atoms with Crippen LogP contribution in [0.4, 0.5) is 35.1 Å². The first-order valence-corrected chi connectivity index (χ1v) is 10.4. The lowest BCUT2D eigenvalue weighted by atomic mass is 10.0. The van der Waals surface area contributed by atoms with Crippen molar-refractivity contribution >= 4 is 17.2 Å². The summed E-state index contributed by atoms with van der Waals surface area (Å²) >= 11 is 0.755. The van der Waals surface area contributed by atoms with Gasteiger partial charge in [0, 0.05) is 19.2 Å². The lowest BCUT2D eigenvalue weighted by Crippen LogP contribution is -2.36. The number of nitrogens with one attached hydrogen (secondary N) is 1.